The van der Waals surface area contributed by atoms with Crippen LogP contribution in [0.4, 0.5) is 0 Å². The fraction of sp³-hybridized carbons (Fsp3) is 0.333. The van der Waals surface area contributed by atoms with Crippen LogP contribution in [0.25, 0.3) is 0 Å². The highest BCUT2D eigenvalue weighted by Crippen LogP contribution is 2.22. The highest BCUT2D eigenvalue weighted by Gasteiger charge is 2.27. The second-order valence-corrected chi connectivity index (χ2v) is 3.09. The van der Waals surface area contributed by atoms with E-state index in [1.807, 2.05) is 24.3 Å². The van der Waals surface area contributed by atoms with Crippen LogP contribution in [0.5, 0.6) is 0 Å². The molecule has 0 radical (unpaired) electrons. The zero-order valence-corrected chi connectivity index (χ0v) is 8.29. The third-order valence-electron chi connectivity index (χ3n) is 2.29. The fourth-order valence-corrected chi connectivity index (χ4v) is 1.67. The minimum Gasteiger partial charge on any atom is -0.262 e. The first-order chi connectivity index (χ1) is 6.29. The van der Waals surface area contributed by atoms with Gasteiger partial charge in [-0.05, 0) is 12.0 Å². The van der Waals surface area contributed by atoms with E-state index >= 15 is 0 Å². The maximum absolute atomic E-state index is 10.7. The van der Waals surface area contributed by atoms with Crippen LogP contribution < -0.4 is 5.32 Å². The highest BCUT2D eigenvalue weighted by atomic mass is 35.5. The average molecular weight is 215 g/mol. The van der Waals surface area contributed by atoms with Gasteiger partial charge in [0.2, 0.25) is 0 Å². The summed E-state index contributed by atoms with van der Waals surface area (Å²) >= 11 is 0. The standard InChI is InChI=1S/C9H10N2O2.ClH/c12-11(13)9-8-4-2-1-3-7(8)5-6-10-9;/h1-4,9-10H,5-6H2;1H. The van der Waals surface area contributed by atoms with E-state index in [0.717, 1.165) is 17.5 Å². The van der Waals surface area contributed by atoms with Gasteiger partial charge >= 0.3 is 0 Å². The predicted octanol–water partition coefficient (Wildman–Crippen LogP) is 1.53. The zero-order chi connectivity index (χ0) is 9.26. The first-order valence-corrected chi connectivity index (χ1v) is 4.24. The van der Waals surface area contributed by atoms with E-state index in [9.17, 15) is 10.1 Å². The molecule has 1 aliphatic rings. The number of fused-ring (bicyclic) bond motifs is 1. The Kier molecular flexibility index (Phi) is 3.43. The van der Waals surface area contributed by atoms with E-state index in [2.05, 4.69) is 5.32 Å². The highest BCUT2D eigenvalue weighted by molar-refractivity contribution is 5.85. The number of nitrogens with one attached hydrogen (secondary N) is 1. The second-order valence-electron chi connectivity index (χ2n) is 3.09. The lowest BCUT2D eigenvalue weighted by Gasteiger charge is -2.20. The minimum absolute atomic E-state index is 0. The van der Waals surface area contributed by atoms with Gasteiger partial charge in [0.05, 0.1) is 0 Å². The molecule has 0 saturated carbocycles. The maximum Gasteiger partial charge on any atom is 0.292 e. The van der Waals surface area contributed by atoms with Crippen molar-refractivity contribution in [3.63, 3.8) is 0 Å². The van der Waals surface area contributed by atoms with Crippen LogP contribution in [0.15, 0.2) is 24.3 Å². The van der Waals surface area contributed by atoms with Gasteiger partial charge in [-0.2, -0.15) is 0 Å². The number of nitrogens with zero attached hydrogens (tertiary/aromatic N) is 1. The molecule has 1 aromatic rings. The first-order valence-electron chi connectivity index (χ1n) is 4.24. The van der Waals surface area contributed by atoms with Crippen molar-refractivity contribution < 1.29 is 4.92 Å². The van der Waals surface area contributed by atoms with Crippen molar-refractivity contribution in [3.8, 4) is 0 Å². The lowest BCUT2D eigenvalue weighted by molar-refractivity contribution is -0.537. The zero-order valence-electron chi connectivity index (χ0n) is 7.47. The van der Waals surface area contributed by atoms with E-state index in [4.69, 9.17) is 0 Å². The minimum atomic E-state index is -0.718. The Morgan fingerprint density at radius 1 is 1.43 bits per heavy atom. The molecule has 0 fully saturated rings. The Bertz CT molecular complexity index is 343. The van der Waals surface area contributed by atoms with Crippen molar-refractivity contribution >= 4 is 12.4 Å². The molecule has 0 bridgehead atoms. The summed E-state index contributed by atoms with van der Waals surface area (Å²) < 4.78 is 0. The van der Waals surface area contributed by atoms with E-state index in [1.165, 1.54) is 0 Å². The molecule has 0 saturated heterocycles. The largest absolute Gasteiger partial charge is 0.292 e. The van der Waals surface area contributed by atoms with Gasteiger partial charge in [0.1, 0.15) is 0 Å². The quantitative estimate of drug-likeness (QED) is 0.570. The third kappa shape index (κ3) is 1.86. The van der Waals surface area contributed by atoms with E-state index in [-0.39, 0.29) is 17.3 Å². The van der Waals surface area contributed by atoms with Crippen LogP contribution in [-0.2, 0) is 6.42 Å². The molecular weight excluding hydrogens is 204 g/mol. The summed E-state index contributed by atoms with van der Waals surface area (Å²) in [7, 11) is 0. The molecule has 1 aliphatic heterocycles. The first kappa shape index (κ1) is 10.9. The lowest BCUT2D eigenvalue weighted by atomic mass is 9.99. The molecule has 76 valence electrons. The summed E-state index contributed by atoms with van der Waals surface area (Å²) in [5.41, 5.74) is 1.89. The Morgan fingerprint density at radius 2 is 2.14 bits per heavy atom. The van der Waals surface area contributed by atoms with Gasteiger partial charge in [0.15, 0.2) is 0 Å². The lowest BCUT2D eigenvalue weighted by Crippen LogP contribution is -2.34. The summed E-state index contributed by atoms with van der Waals surface area (Å²) in [6.45, 7) is 0.683. The molecule has 1 unspecified atom stereocenters. The molecule has 0 aromatic heterocycles. The summed E-state index contributed by atoms with van der Waals surface area (Å²) in [5.74, 6) is 0. The molecule has 14 heavy (non-hydrogen) atoms. The number of hydrogen-bond acceptors (Lipinski definition) is 3. The number of nitro groups is 1. The van der Waals surface area contributed by atoms with Crippen LogP contribution in [0, 0.1) is 10.1 Å². The van der Waals surface area contributed by atoms with Crippen LogP contribution in [0.3, 0.4) is 0 Å². The normalized spacial score (nSPS) is 19.3. The fourth-order valence-electron chi connectivity index (χ4n) is 1.67. The van der Waals surface area contributed by atoms with Crippen molar-refractivity contribution in [2.24, 2.45) is 0 Å². The molecular formula is C9H11ClN2O2. The molecule has 1 N–H and O–H groups in total. The molecule has 1 atom stereocenters. The Hall–Kier alpha value is -1.13. The van der Waals surface area contributed by atoms with Gasteiger partial charge in [0, 0.05) is 17.0 Å². The maximum atomic E-state index is 10.7. The topological polar surface area (TPSA) is 55.2 Å². The summed E-state index contributed by atoms with van der Waals surface area (Å²) in [4.78, 5) is 10.4. The van der Waals surface area contributed by atoms with Crippen LogP contribution in [0.1, 0.15) is 17.3 Å². The SMILES string of the molecule is Cl.O=[N+]([O-])C1NCCc2ccccc21. The molecule has 2 rings (SSSR count). The Labute approximate surface area is 87.9 Å². The van der Waals surface area contributed by atoms with Crippen LogP contribution >= 0.6 is 12.4 Å². The van der Waals surface area contributed by atoms with E-state index in [1.54, 1.807) is 0 Å². The summed E-state index contributed by atoms with van der Waals surface area (Å²) in [6, 6.07) is 7.52. The molecule has 5 heteroatoms. The number of rotatable bonds is 1. The molecule has 0 aliphatic carbocycles. The molecule has 0 amide bonds. The van der Waals surface area contributed by atoms with Crippen molar-refractivity contribution in [1.82, 2.24) is 5.32 Å². The van der Waals surface area contributed by atoms with Crippen molar-refractivity contribution in [3.05, 3.63) is 45.5 Å². The Morgan fingerprint density at radius 3 is 2.86 bits per heavy atom. The Balaban J connectivity index is 0.000000980. The van der Waals surface area contributed by atoms with Gasteiger partial charge < -0.3 is 0 Å². The van der Waals surface area contributed by atoms with Crippen LogP contribution in [0.2, 0.25) is 0 Å². The second kappa shape index (κ2) is 4.39. The number of halogens is 1. The molecule has 0 spiro atoms. The number of benzene rings is 1. The molecule has 4 nitrogen and oxygen atoms in total. The van der Waals surface area contributed by atoms with Gasteiger partial charge in [-0.25, -0.2) is 0 Å². The monoisotopic (exact) mass is 214 g/mol. The summed E-state index contributed by atoms with van der Waals surface area (Å²) in [6.07, 6.45) is 0.158. The van der Waals surface area contributed by atoms with E-state index in [0.29, 0.717) is 6.54 Å². The smallest absolute Gasteiger partial charge is 0.262 e. The third-order valence-corrected chi connectivity index (χ3v) is 2.29. The van der Waals surface area contributed by atoms with Crippen molar-refractivity contribution in [2.45, 2.75) is 12.6 Å². The van der Waals surface area contributed by atoms with Gasteiger partial charge in [-0.1, -0.05) is 24.3 Å². The average Bonchev–Trinajstić information content (AvgIpc) is 2.17. The van der Waals surface area contributed by atoms with E-state index < -0.39 is 6.17 Å². The molecule has 1 aromatic carbocycles. The predicted molar refractivity (Wildman–Crippen MR) is 55.1 cm³/mol. The van der Waals surface area contributed by atoms with Crippen LogP contribution in [-0.4, -0.2) is 11.5 Å². The van der Waals surface area contributed by atoms with Gasteiger partial charge in [-0.3, -0.25) is 15.4 Å². The van der Waals surface area contributed by atoms with Crippen molar-refractivity contribution in [1.29, 1.82) is 0 Å². The number of hydrogen-bond donors (Lipinski definition) is 1. The van der Waals surface area contributed by atoms with Crippen molar-refractivity contribution in [2.75, 3.05) is 6.54 Å². The van der Waals surface area contributed by atoms with Gasteiger partial charge in [-0.15, -0.1) is 12.4 Å². The summed E-state index contributed by atoms with van der Waals surface area (Å²) in [5, 5.41) is 13.5. The molecule has 1 heterocycles. The van der Waals surface area contributed by atoms with Gasteiger partial charge in [0.25, 0.3) is 6.17 Å².